The molecule has 4 rings (SSSR count). The van der Waals surface area contributed by atoms with Crippen LogP contribution in [0.15, 0.2) is 18.5 Å². The second-order valence-corrected chi connectivity index (χ2v) is 6.77. The van der Waals surface area contributed by atoms with Gasteiger partial charge in [0.2, 0.25) is 0 Å². The molecule has 0 bridgehead atoms. The molecular formula is C17H23N5O. The number of piperidine rings is 2. The van der Waals surface area contributed by atoms with Crippen molar-refractivity contribution >= 4 is 16.9 Å². The Morgan fingerprint density at radius 1 is 1.17 bits per heavy atom. The average Bonchev–Trinajstić information content (AvgIpc) is 3.10. The normalized spacial score (nSPS) is 23.3. The topological polar surface area (TPSA) is 73.9 Å². The minimum Gasteiger partial charge on any atom is -0.339 e. The number of pyridine rings is 1. The van der Waals surface area contributed by atoms with Crippen LogP contribution in [-0.4, -0.2) is 52.2 Å². The first-order valence-electron chi connectivity index (χ1n) is 8.60. The van der Waals surface area contributed by atoms with Crippen LogP contribution < -0.4 is 5.32 Å². The van der Waals surface area contributed by atoms with E-state index in [4.69, 9.17) is 0 Å². The van der Waals surface area contributed by atoms with Gasteiger partial charge in [-0.15, -0.1) is 0 Å². The molecule has 4 heterocycles. The molecule has 2 aromatic heterocycles. The first-order chi connectivity index (χ1) is 11.3. The van der Waals surface area contributed by atoms with Crippen molar-refractivity contribution in [3.63, 3.8) is 0 Å². The average molecular weight is 313 g/mol. The number of likely N-dealkylation sites (tertiary alicyclic amines) is 1. The zero-order valence-corrected chi connectivity index (χ0v) is 13.3. The molecule has 2 saturated heterocycles. The Kier molecular flexibility index (Phi) is 3.99. The van der Waals surface area contributed by atoms with Crippen LogP contribution in [0.4, 0.5) is 0 Å². The highest BCUT2D eigenvalue weighted by molar-refractivity contribution is 5.96. The number of aromatic nitrogens is 3. The standard InChI is InChI=1S/C17H23N5O/c23-17(15-8-14-11-20-21-16(14)19-10-15)22-6-3-12(4-7-22)13-2-1-5-18-9-13/h8,10-13,18H,1-7,9H2,(H,19,20,21). The maximum Gasteiger partial charge on any atom is 0.255 e. The third kappa shape index (κ3) is 2.95. The quantitative estimate of drug-likeness (QED) is 0.887. The largest absolute Gasteiger partial charge is 0.339 e. The monoisotopic (exact) mass is 313 g/mol. The van der Waals surface area contributed by atoms with Crippen molar-refractivity contribution in [2.24, 2.45) is 11.8 Å². The van der Waals surface area contributed by atoms with Gasteiger partial charge in [-0.05, 0) is 56.7 Å². The number of amides is 1. The summed E-state index contributed by atoms with van der Waals surface area (Å²) in [4.78, 5) is 18.9. The van der Waals surface area contributed by atoms with Gasteiger partial charge in [0.05, 0.1) is 11.8 Å². The van der Waals surface area contributed by atoms with Crippen molar-refractivity contribution in [1.82, 2.24) is 25.4 Å². The summed E-state index contributed by atoms with van der Waals surface area (Å²) in [5.74, 6) is 1.66. The molecule has 0 aliphatic carbocycles. The van der Waals surface area contributed by atoms with Gasteiger partial charge >= 0.3 is 0 Å². The van der Waals surface area contributed by atoms with Gasteiger partial charge < -0.3 is 10.2 Å². The highest BCUT2D eigenvalue weighted by atomic mass is 16.2. The van der Waals surface area contributed by atoms with E-state index in [2.05, 4.69) is 20.5 Å². The lowest BCUT2D eigenvalue weighted by Gasteiger charge is -2.37. The van der Waals surface area contributed by atoms with E-state index in [1.165, 1.54) is 12.8 Å². The molecule has 6 heteroatoms. The first kappa shape index (κ1) is 14.6. The van der Waals surface area contributed by atoms with Gasteiger partial charge in [-0.25, -0.2) is 4.98 Å². The molecule has 23 heavy (non-hydrogen) atoms. The molecule has 1 unspecified atom stereocenters. The number of hydrogen-bond donors (Lipinski definition) is 2. The highest BCUT2D eigenvalue weighted by Crippen LogP contribution is 2.30. The molecule has 1 amide bonds. The van der Waals surface area contributed by atoms with Crippen LogP contribution in [0.3, 0.4) is 0 Å². The van der Waals surface area contributed by atoms with Crippen molar-refractivity contribution in [2.75, 3.05) is 26.2 Å². The van der Waals surface area contributed by atoms with Crippen molar-refractivity contribution in [1.29, 1.82) is 0 Å². The number of hydrogen-bond acceptors (Lipinski definition) is 4. The summed E-state index contributed by atoms with van der Waals surface area (Å²) < 4.78 is 0. The predicted molar refractivity (Wildman–Crippen MR) is 88.1 cm³/mol. The molecule has 1 atom stereocenters. The van der Waals surface area contributed by atoms with Gasteiger partial charge in [-0.3, -0.25) is 9.89 Å². The third-order valence-corrected chi connectivity index (χ3v) is 5.37. The molecule has 0 aromatic carbocycles. The number of aromatic amines is 1. The molecular weight excluding hydrogens is 290 g/mol. The summed E-state index contributed by atoms with van der Waals surface area (Å²) in [6.07, 6.45) is 8.24. The van der Waals surface area contributed by atoms with Crippen molar-refractivity contribution in [3.8, 4) is 0 Å². The van der Waals surface area contributed by atoms with Gasteiger partial charge in [0.15, 0.2) is 5.65 Å². The molecule has 6 nitrogen and oxygen atoms in total. The summed E-state index contributed by atoms with van der Waals surface area (Å²) in [7, 11) is 0. The Morgan fingerprint density at radius 2 is 2.04 bits per heavy atom. The summed E-state index contributed by atoms with van der Waals surface area (Å²) in [6.45, 7) is 4.05. The maximum absolute atomic E-state index is 12.7. The van der Waals surface area contributed by atoms with Gasteiger partial charge in [0, 0.05) is 24.7 Å². The molecule has 2 fully saturated rings. The number of rotatable bonds is 2. The van der Waals surface area contributed by atoms with E-state index < -0.39 is 0 Å². The Morgan fingerprint density at radius 3 is 2.83 bits per heavy atom. The van der Waals surface area contributed by atoms with Crippen LogP contribution in [0.25, 0.3) is 11.0 Å². The van der Waals surface area contributed by atoms with E-state index in [1.54, 1.807) is 12.4 Å². The molecule has 2 N–H and O–H groups in total. The second-order valence-electron chi connectivity index (χ2n) is 6.77. The summed E-state index contributed by atoms with van der Waals surface area (Å²) in [5, 5.41) is 11.2. The Bertz CT molecular complexity index is 683. The van der Waals surface area contributed by atoms with Crippen LogP contribution >= 0.6 is 0 Å². The fraction of sp³-hybridized carbons (Fsp3) is 0.588. The zero-order valence-electron chi connectivity index (χ0n) is 13.3. The number of carbonyl (C=O) groups is 1. The molecule has 0 spiro atoms. The molecule has 2 aliphatic heterocycles. The van der Waals surface area contributed by atoms with E-state index >= 15 is 0 Å². The van der Waals surface area contributed by atoms with Crippen molar-refractivity contribution in [2.45, 2.75) is 25.7 Å². The fourth-order valence-corrected chi connectivity index (χ4v) is 3.99. The Hall–Kier alpha value is -1.95. The first-order valence-corrected chi connectivity index (χ1v) is 8.60. The van der Waals surface area contributed by atoms with E-state index in [-0.39, 0.29) is 5.91 Å². The Balaban J connectivity index is 1.40. The second kappa shape index (κ2) is 6.28. The van der Waals surface area contributed by atoms with E-state index in [9.17, 15) is 4.79 Å². The molecule has 0 radical (unpaired) electrons. The lowest BCUT2D eigenvalue weighted by molar-refractivity contribution is 0.0645. The van der Waals surface area contributed by atoms with Gasteiger partial charge in [0.1, 0.15) is 0 Å². The van der Waals surface area contributed by atoms with Crippen LogP contribution in [0.5, 0.6) is 0 Å². The summed E-state index contributed by atoms with van der Waals surface area (Å²) >= 11 is 0. The zero-order chi connectivity index (χ0) is 15.6. The number of nitrogens with one attached hydrogen (secondary N) is 2. The van der Waals surface area contributed by atoms with Crippen molar-refractivity contribution < 1.29 is 4.79 Å². The minimum absolute atomic E-state index is 0.0980. The summed E-state index contributed by atoms with van der Waals surface area (Å²) in [5.41, 5.74) is 1.39. The minimum atomic E-state index is 0.0980. The van der Waals surface area contributed by atoms with E-state index in [1.807, 2.05) is 11.0 Å². The smallest absolute Gasteiger partial charge is 0.255 e. The number of nitrogens with zero attached hydrogens (tertiary/aromatic N) is 3. The third-order valence-electron chi connectivity index (χ3n) is 5.37. The van der Waals surface area contributed by atoms with Crippen LogP contribution in [0.2, 0.25) is 0 Å². The maximum atomic E-state index is 12.7. The molecule has 2 aliphatic rings. The number of fused-ring (bicyclic) bond motifs is 1. The van der Waals surface area contributed by atoms with Crippen LogP contribution in [0, 0.1) is 11.8 Å². The molecule has 122 valence electrons. The fourth-order valence-electron chi connectivity index (χ4n) is 3.99. The lowest BCUT2D eigenvalue weighted by Crippen LogP contribution is -2.43. The predicted octanol–water partition coefficient (Wildman–Crippen LogP) is 1.81. The van der Waals surface area contributed by atoms with Crippen LogP contribution in [-0.2, 0) is 0 Å². The highest BCUT2D eigenvalue weighted by Gasteiger charge is 2.29. The molecule has 2 aromatic rings. The van der Waals surface area contributed by atoms with Crippen molar-refractivity contribution in [3.05, 3.63) is 24.0 Å². The summed E-state index contributed by atoms with van der Waals surface area (Å²) in [6, 6.07) is 1.88. The lowest BCUT2D eigenvalue weighted by atomic mass is 9.80. The SMILES string of the molecule is O=C(c1cnc2[nH]ncc2c1)N1CCC(C2CCCNC2)CC1. The van der Waals surface area contributed by atoms with Gasteiger partial charge in [0.25, 0.3) is 5.91 Å². The van der Waals surface area contributed by atoms with Gasteiger partial charge in [-0.1, -0.05) is 0 Å². The Labute approximate surface area is 135 Å². The number of carbonyl (C=O) groups excluding carboxylic acids is 1. The van der Waals surface area contributed by atoms with Gasteiger partial charge in [-0.2, -0.15) is 5.10 Å². The van der Waals surface area contributed by atoms with E-state index in [0.717, 1.165) is 61.9 Å². The number of H-pyrrole nitrogens is 1. The van der Waals surface area contributed by atoms with Crippen LogP contribution in [0.1, 0.15) is 36.0 Å². The molecule has 0 saturated carbocycles. The van der Waals surface area contributed by atoms with E-state index in [0.29, 0.717) is 5.56 Å².